The summed E-state index contributed by atoms with van der Waals surface area (Å²) in [6.45, 7) is 4.09. The summed E-state index contributed by atoms with van der Waals surface area (Å²) in [6.07, 6.45) is 0. The summed E-state index contributed by atoms with van der Waals surface area (Å²) < 4.78 is 0. The maximum absolute atomic E-state index is 10.1. The van der Waals surface area contributed by atoms with Crippen LogP contribution in [0.1, 0.15) is 11.6 Å². The maximum Gasteiger partial charge on any atom is 0.0628 e. The molecule has 2 N–H and O–H groups in total. The van der Waals surface area contributed by atoms with Gasteiger partial charge in [-0.2, -0.15) is 0 Å². The number of rotatable bonds is 3. The molecular weight excluding hydrogens is 320 g/mol. The minimum Gasteiger partial charge on any atom is -0.394 e. The molecule has 0 bridgehead atoms. The normalized spacial score (nSPS) is 16.9. The Balaban J connectivity index is 0.00000169. The summed E-state index contributed by atoms with van der Waals surface area (Å²) >= 11 is 0. The van der Waals surface area contributed by atoms with Gasteiger partial charge in [0.1, 0.15) is 0 Å². The van der Waals surface area contributed by atoms with Gasteiger partial charge in [-0.25, -0.2) is 0 Å². The van der Waals surface area contributed by atoms with E-state index in [4.69, 9.17) is 0 Å². The zero-order valence-electron chi connectivity index (χ0n) is 13.6. The first-order chi connectivity index (χ1) is 11.4. The van der Waals surface area contributed by atoms with Crippen LogP contribution in [0.2, 0.25) is 0 Å². The monoisotopic (exact) mass is 342 g/mol. The Morgan fingerprint density at radius 1 is 0.917 bits per heavy atom. The van der Waals surface area contributed by atoms with Crippen LogP contribution in [0.5, 0.6) is 0 Å². The fraction of sp³-hybridized carbons (Fsp3) is 0.300. The third-order valence-corrected chi connectivity index (χ3v) is 4.92. The second-order valence-corrected chi connectivity index (χ2v) is 6.22. The number of fused-ring (bicyclic) bond motifs is 3. The van der Waals surface area contributed by atoms with Crippen molar-refractivity contribution in [3.63, 3.8) is 0 Å². The van der Waals surface area contributed by atoms with E-state index < -0.39 is 0 Å². The summed E-state index contributed by atoms with van der Waals surface area (Å²) in [6, 6.07) is 19.4. The second kappa shape index (κ2) is 7.49. The van der Waals surface area contributed by atoms with Crippen molar-refractivity contribution in [3.8, 4) is 0 Å². The lowest BCUT2D eigenvalue weighted by molar-refractivity contribution is 0.112. The van der Waals surface area contributed by atoms with E-state index in [0.29, 0.717) is 0 Å². The summed E-state index contributed by atoms with van der Waals surface area (Å²) in [5.41, 5.74) is 1.24. The van der Waals surface area contributed by atoms with Crippen molar-refractivity contribution >= 4 is 34.0 Å². The summed E-state index contributed by atoms with van der Waals surface area (Å²) in [5, 5.41) is 18.5. The first-order valence-electron chi connectivity index (χ1n) is 8.34. The van der Waals surface area contributed by atoms with Crippen molar-refractivity contribution in [1.82, 2.24) is 10.2 Å². The van der Waals surface area contributed by atoms with Crippen LogP contribution in [0.4, 0.5) is 0 Å². The van der Waals surface area contributed by atoms with Crippen LogP contribution in [-0.4, -0.2) is 42.8 Å². The Morgan fingerprint density at radius 3 is 2.25 bits per heavy atom. The average molecular weight is 343 g/mol. The van der Waals surface area contributed by atoms with E-state index in [1.54, 1.807) is 0 Å². The predicted molar refractivity (Wildman–Crippen MR) is 103 cm³/mol. The van der Waals surface area contributed by atoms with Crippen LogP contribution < -0.4 is 5.32 Å². The highest BCUT2D eigenvalue weighted by atomic mass is 35.5. The van der Waals surface area contributed by atoms with E-state index in [-0.39, 0.29) is 25.1 Å². The molecule has 3 aromatic rings. The topological polar surface area (TPSA) is 35.5 Å². The Hall–Kier alpha value is -1.65. The van der Waals surface area contributed by atoms with E-state index in [2.05, 4.69) is 64.8 Å². The molecule has 0 radical (unpaired) electrons. The second-order valence-electron chi connectivity index (χ2n) is 6.22. The minimum absolute atomic E-state index is 0. The van der Waals surface area contributed by atoms with E-state index >= 15 is 0 Å². The van der Waals surface area contributed by atoms with Gasteiger partial charge >= 0.3 is 0 Å². The van der Waals surface area contributed by atoms with E-state index in [1.165, 1.54) is 27.1 Å². The molecule has 1 atom stereocenters. The Kier molecular flexibility index (Phi) is 5.36. The fourth-order valence-electron chi connectivity index (χ4n) is 3.76. The Bertz CT molecular complexity index is 830. The average Bonchev–Trinajstić information content (AvgIpc) is 2.63. The molecule has 0 saturated carbocycles. The van der Waals surface area contributed by atoms with Crippen molar-refractivity contribution in [2.45, 2.75) is 6.04 Å². The molecule has 24 heavy (non-hydrogen) atoms. The molecule has 3 aromatic carbocycles. The highest BCUT2D eigenvalue weighted by Gasteiger charge is 2.23. The fourth-order valence-corrected chi connectivity index (χ4v) is 3.76. The lowest BCUT2D eigenvalue weighted by atomic mass is 9.93. The lowest BCUT2D eigenvalue weighted by Crippen LogP contribution is -2.46. The standard InChI is InChI=1S/C20H22N2O.ClH/c23-14-20(22-11-9-21-10-12-22)19-13-15-5-1-2-6-16(15)17-7-3-4-8-18(17)19;/h1-8,13,20-21,23H,9-12,14H2;1H/t20-;/m1./s1. The molecule has 0 aromatic heterocycles. The zero-order chi connectivity index (χ0) is 15.6. The van der Waals surface area contributed by atoms with Gasteiger partial charge in [-0.3, -0.25) is 4.90 Å². The van der Waals surface area contributed by atoms with E-state index in [0.717, 1.165) is 26.2 Å². The van der Waals surface area contributed by atoms with Gasteiger partial charge in [-0.15, -0.1) is 12.4 Å². The molecule has 1 aliphatic rings. The van der Waals surface area contributed by atoms with E-state index in [1.807, 2.05) is 0 Å². The molecule has 0 amide bonds. The number of piperazine rings is 1. The highest BCUT2D eigenvalue weighted by molar-refractivity contribution is 6.09. The van der Waals surface area contributed by atoms with Crippen molar-refractivity contribution in [1.29, 1.82) is 0 Å². The molecule has 3 nitrogen and oxygen atoms in total. The third-order valence-electron chi connectivity index (χ3n) is 4.92. The quantitative estimate of drug-likeness (QED) is 0.716. The van der Waals surface area contributed by atoms with Gasteiger partial charge in [0.25, 0.3) is 0 Å². The summed E-state index contributed by atoms with van der Waals surface area (Å²) in [7, 11) is 0. The first kappa shape index (κ1) is 17.2. The number of benzene rings is 3. The number of hydrogen-bond acceptors (Lipinski definition) is 3. The van der Waals surface area contributed by atoms with Crippen molar-refractivity contribution < 1.29 is 5.11 Å². The number of nitrogens with one attached hydrogen (secondary N) is 1. The molecule has 0 unspecified atom stereocenters. The van der Waals surface area contributed by atoms with Gasteiger partial charge in [0.2, 0.25) is 0 Å². The van der Waals surface area contributed by atoms with Crippen LogP contribution in [-0.2, 0) is 0 Å². The molecule has 1 aliphatic heterocycles. The number of aliphatic hydroxyl groups excluding tert-OH is 1. The van der Waals surface area contributed by atoms with Gasteiger partial charge in [0.05, 0.1) is 12.6 Å². The molecule has 0 spiro atoms. The third kappa shape index (κ3) is 3.01. The van der Waals surface area contributed by atoms with Gasteiger partial charge in [-0.1, -0.05) is 48.5 Å². The SMILES string of the molecule is Cl.OC[C@H](c1cc2ccccc2c2ccccc12)N1CCNCC1. The molecule has 4 heteroatoms. The van der Waals surface area contributed by atoms with Gasteiger partial charge in [0, 0.05) is 26.2 Å². The van der Waals surface area contributed by atoms with Crippen LogP contribution in [0.25, 0.3) is 21.5 Å². The maximum atomic E-state index is 10.1. The minimum atomic E-state index is 0. The van der Waals surface area contributed by atoms with Crippen LogP contribution in [0.3, 0.4) is 0 Å². The van der Waals surface area contributed by atoms with Gasteiger partial charge < -0.3 is 10.4 Å². The van der Waals surface area contributed by atoms with Crippen molar-refractivity contribution in [3.05, 3.63) is 60.2 Å². The molecule has 1 saturated heterocycles. The first-order valence-corrected chi connectivity index (χ1v) is 8.34. The molecule has 126 valence electrons. The Labute approximate surface area is 148 Å². The Morgan fingerprint density at radius 2 is 1.54 bits per heavy atom. The largest absolute Gasteiger partial charge is 0.394 e. The smallest absolute Gasteiger partial charge is 0.0628 e. The van der Waals surface area contributed by atoms with E-state index in [9.17, 15) is 5.11 Å². The number of hydrogen-bond donors (Lipinski definition) is 2. The number of halogens is 1. The molecule has 4 rings (SSSR count). The molecule has 1 heterocycles. The molecular formula is C20H23ClN2O. The van der Waals surface area contributed by atoms with Crippen molar-refractivity contribution in [2.75, 3.05) is 32.8 Å². The van der Waals surface area contributed by atoms with Gasteiger partial charge in [-0.05, 0) is 33.2 Å². The molecule has 1 fully saturated rings. The number of nitrogens with zero attached hydrogens (tertiary/aromatic N) is 1. The zero-order valence-corrected chi connectivity index (χ0v) is 14.4. The van der Waals surface area contributed by atoms with Gasteiger partial charge in [0.15, 0.2) is 0 Å². The predicted octanol–water partition coefficient (Wildman–Crippen LogP) is 3.35. The summed E-state index contributed by atoms with van der Waals surface area (Å²) in [4.78, 5) is 2.40. The highest BCUT2D eigenvalue weighted by Crippen LogP contribution is 2.34. The van der Waals surface area contributed by atoms with Crippen LogP contribution >= 0.6 is 12.4 Å². The number of aliphatic hydroxyl groups is 1. The van der Waals surface area contributed by atoms with Crippen LogP contribution in [0.15, 0.2) is 54.6 Å². The lowest BCUT2D eigenvalue weighted by Gasteiger charge is -2.35. The van der Waals surface area contributed by atoms with Crippen molar-refractivity contribution in [2.24, 2.45) is 0 Å². The molecule has 0 aliphatic carbocycles. The van der Waals surface area contributed by atoms with Crippen LogP contribution in [0, 0.1) is 0 Å². The summed E-state index contributed by atoms with van der Waals surface area (Å²) in [5.74, 6) is 0.